The van der Waals surface area contributed by atoms with Crippen molar-refractivity contribution in [3.05, 3.63) is 88.3 Å². The number of carbonyl (C=O) groups excluding carboxylic acids is 1. The molecule has 4 atom stereocenters. The number of aromatic nitrogens is 2. The highest BCUT2D eigenvalue weighted by atomic mass is 19.4. The van der Waals surface area contributed by atoms with E-state index in [4.69, 9.17) is 23.9 Å². The number of carbonyl (C=O) groups is 1. The number of methoxy groups -OCH3 is 3. The Labute approximate surface area is 301 Å². The number of halogens is 6. The van der Waals surface area contributed by atoms with Crippen molar-refractivity contribution >= 4 is 17.5 Å². The molecule has 2 aromatic carbocycles. The van der Waals surface area contributed by atoms with Gasteiger partial charge in [-0.2, -0.15) is 26.3 Å². The fourth-order valence-corrected chi connectivity index (χ4v) is 6.86. The highest BCUT2D eigenvalue weighted by Gasteiger charge is 2.43. The Balaban J connectivity index is 1.38. The second-order valence-corrected chi connectivity index (χ2v) is 13.2. The average Bonchev–Trinajstić information content (AvgIpc) is 3.38. The van der Waals surface area contributed by atoms with Crippen molar-refractivity contribution in [1.29, 1.82) is 0 Å². The average molecular weight is 749 g/mol. The SMILES string of the molecule is COC(=O)C1C=C(C)C(c2ccc(OC)c(-c3cnc(N4CC(OC)C4)nc3CN3C(O)O[C@H](c4cc(C(F)(F)F)cc(C(F)(F)F)c4)C3C)c2)=CC1. The van der Waals surface area contributed by atoms with Crippen LogP contribution >= 0.6 is 0 Å². The molecule has 3 aliphatic rings. The van der Waals surface area contributed by atoms with Crippen molar-refractivity contribution in [2.45, 2.75) is 63.8 Å². The lowest BCUT2D eigenvalue weighted by Gasteiger charge is -2.38. The highest BCUT2D eigenvalue weighted by molar-refractivity contribution is 5.86. The number of rotatable bonds is 9. The number of nitrogens with zero attached hydrogens (tertiary/aromatic N) is 4. The van der Waals surface area contributed by atoms with Crippen LogP contribution in [0.5, 0.6) is 5.75 Å². The summed E-state index contributed by atoms with van der Waals surface area (Å²) in [5.74, 6) is 0.0767. The summed E-state index contributed by atoms with van der Waals surface area (Å²) in [6.45, 7) is 4.34. The number of hydrogen-bond donors (Lipinski definition) is 1. The number of aliphatic hydroxyl groups excluding tert-OH is 1. The molecule has 10 nitrogen and oxygen atoms in total. The summed E-state index contributed by atoms with van der Waals surface area (Å²) >= 11 is 0. The van der Waals surface area contributed by atoms with E-state index in [-0.39, 0.29) is 30.2 Å². The van der Waals surface area contributed by atoms with Gasteiger partial charge in [0.05, 0.1) is 43.1 Å². The molecule has 284 valence electrons. The Kier molecular flexibility index (Phi) is 10.6. The van der Waals surface area contributed by atoms with Crippen LogP contribution in [-0.4, -0.2) is 78.9 Å². The van der Waals surface area contributed by atoms with Crippen LogP contribution < -0.4 is 9.64 Å². The largest absolute Gasteiger partial charge is 0.496 e. The van der Waals surface area contributed by atoms with Crippen LogP contribution in [0.4, 0.5) is 32.3 Å². The van der Waals surface area contributed by atoms with Gasteiger partial charge < -0.3 is 29.0 Å². The number of alkyl halides is 6. The Bertz CT molecular complexity index is 1890. The van der Waals surface area contributed by atoms with Crippen LogP contribution in [-0.2, 0) is 37.9 Å². The predicted octanol–water partition coefficient (Wildman–Crippen LogP) is 6.79. The smallest absolute Gasteiger partial charge is 0.416 e. The number of esters is 1. The van der Waals surface area contributed by atoms with E-state index in [1.54, 1.807) is 26.3 Å². The van der Waals surface area contributed by atoms with Gasteiger partial charge in [-0.25, -0.2) is 14.9 Å². The zero-order valence-corrected chi connectivity index (χ0v) is 29.5. The zero-order chi connectivity index (χ0) is 38.4. The molecular weight excluding hydrogens is 710 g/mol. The van der Waals surface area contributed by atoms with Crippen molar-refractivity contribution < 1.29 is 55.2 Å². The van der Waals surface area contributed by atoms with Gasteiger partial charge in [-0.15, -0.1) is 0 Å². The van der Waals surface area contributed by atoms with Gasteiger partial charge in [-0.05, 0) is 72.9 Å². The summed E-state index contributed by atoms with van der Waals surface area (Å²) in [5.41, 5.74) is 0.678. The van der Waals surface area contributed by atoms with E-state index in [0.717, 1.165) is 16.7 Å². The van der Waals surface area contributed by atoms with Gasteiger partial charge in [-0.1, -0.05) is 18.2 Å². The normalized spacial score (nSPS) is 22.7. The monoisotopic (exact) mass is 748 g/mol. The Hall–Kier alpha value is -4.51. The fraction of sp³-hybridized carbons (Fsp3) is 0.432. The van der Waals surface area contributed by atoms with E-state index < -0.39 is 48.0 Å². The van der Waals surface area contributed by atoms with E-state index in [1.165, 1.54) is 19.1 Å². The number of aliphatic hydroxyl groups is 1. The minimum atomic E-state index is -5.06. The molecule has 1 aliphatic carbocycles. The van der Waals surface area contributed by atoms with Crippen LogP contribution in [0.1, 0.15) is 54.3 Å². The van der Waals surface area contributed by atoms with Gasteiger partial charge in [0.2, 0.25) is 12.4 Å². The second-order valence-electron chi connectivity index (χ2n) is 13.2. The van der Waals surface area contributed by atoms with Crippen LogP contribution in [0.3, 0.4) is 0 Å². The Morgan fingerprint density at radius 2 is 1.68 bits per heavy atom. The zero-order valence-electron chi connectivity index (χ0n) is 29.5. The Morgan fingerprint density at radius 1 is 1.00 bits per heavy atom. The molecule has 1 N–H and O–H groups in total. The van der Waals surface area contributed by atoms with Gasteiger partial charge in [-0.3, -0.25) is 4.79 Å². The van der Waals surface area contributed by atoms with Gasteiger partial charge in [0, 0.05) is 50.1 Å². The lowest BCUT2D eigenvalue weighted by atomic mass is 9.86. The maximum absolute atomic E-state index is 13.7. The fourth-order valence-electron chi connectivity index (χ4n) is 6.86. The summed E-state index contributed by atoms with van der Waals surface area (Å²) < 4.78 is 104. The molecule has 2 aliphatic heterocycles. The number of benzene rings is 2. The van der Waals surface area contributed by atoms with E-state index in [1.807, 2.05) is 36.1 Å². The molecular formula is C37H38F6N4O6. The molecule has 3 heterocycles. The number of allylic oxidation sites excluding steroid dienone is 3. The van der Waals surface area contributed by atoms with E-state index in [2.05, 4.69) is 4.98 Å². The number of ether oxygens (including phenoxy) is 4. The summed E-state index contributed by atoms with van der Waals surface area (Å²) in [5, 5.41) is 11.1. The third-order valence-corrected chi connectivity index (χ3v) is 9.86. The third kappa shape index (κ3) is 7.77. The van der Waals surface area contributed by atoms with Crippen molar-refractivity contribution in [3.8, 4) is 16.9 Å². The van der Waals surface area contributed by atoms with Crippen LogP contribution in [0, 0.1) is 5.92 Å². The van der Waals surface area contributed by atoms with E-state index in [9.17, 15) is 36.2 Å². The maximum atomic E-state index is 13.7. The first-order chi connectivity index (χ1) is 25.0. The first-order valence-electron chi connectivity index (χ1n) is 16.7. The van der Waals surface area contributed by atoms with E-state index in [0.29, 0.717) is 60.2 Å². The Morgan fingerprint density at radius 3 is 2.26 bits per heavy atom. The first-order valence-corrected chi connectivity index (χ1v) is 16.7. The molecule has 0 radical (unpaired) electrons. The molecule has 2 saturated heterocycles. The molecule has 3 unspecified atom stereocenters. The summed E-state index contributed by atoms with van der Waals surface area (Å²) in [7, 11) is 4.44. The standard InChI is InChI=1S/C37H38F6N4O6/c1-19-10-22(33(48)52-5)6-8-27(19)21-7-9-31(51-4)28(13-21)29-15-44-34(46-16-26(17-46)50-3)45-30(29)18-47-20(2)32(53-35(47)49)23-11-24(36(38,39)40)14-25(12-23)37(41,42)43/h7-15,20,22,26,32,35,49H,6,16-18H2,1-5H3/t20?,22?,32-,35?/m0/s1. The first kappa shape index (κ1) is 38.2. The van der Waals surface area contributed by atoms with Gasteiger partial charge in [0.15, 0.2) is 0 Å². The molecule has 0 saturated carbocycles. The van der Waals surface area contributed by atoms with Crippen molar-refractivity contribution in [2.75, 3.05) is 39.3 Å². The molecule has 6 rings (SSSR count). The third-order valence-electron chi connectivity index (χ3n) is 9.86. The van der Waals surface area contributed by atoms with Crippen molar-refractivity contribution in [2.24, 2.45) is 5.92 Å². The summed E-state index contributed by atoms with van der Waals surface area (Å²) in [4.78, 5) is 25.0. The van der Waals surface area contributed by atoms with E-state index >= 15 is 0 Å². The lowest BCUT2D eigenvalue weighted by Crippen LogP contribution is -2.52. The predicted molar refractivity (Wildman–Crippen MR) is 180 cm³/mol. The van der Waals surface area contributed by atoms with Crippen LogP contribution in [0.25, 0.3) is 16.7 Å². The van der Waals surface area contributed by atoms with Crippen molar-refractivity contribution in [3.63, 3.8) is 0 Å². The van der Waals surface area contributed by atoms with Crippen molar-refractivity contribution in [1.82, 2.24) is 14.9 Å². The molecule has 0 spiro atoms. The summed E-state index contributed by atoms with van der Waals surface area (Å²) in [6.07, 6.45) is -7.34. The maximum Gasteiger partial charge on any atom is 0.416 e. The molecule has 0 amide bonds. The minimum Gasteiger partial charge on any atom is -0.496 e. The number of hydrogen-bond acceptors (Lipinski definition) is 10. The van der Waals surface area contributed by atoms with Crippen LogP contribution in [0.2, 0.25) is 0 Å². The molecule has 16 heteroatoms. The number of anilines is 1. The second kappa shape index (κ2) is 14.7. The quantitative estimate of drug-likeness (QED) is 0.186. The molecule has 0 bridgehead atoms. The van der Waals surface area contributed by atoms with Gasteiger partial charge in [0.1, 0.15) is 11.9 Å². The summed E-state index contributed by atoms with van der Waals surface area (Å²) in [6, 6.07) is 5.90. The van der Waals surface area contributed by atoms with Gasteiger partial charge in [0.25, 0.3) is 0 Å². The molecule has 53 heavy (non-hydrogen) atoms. The molecule has 1 aromatic heterocycles. The molecule has 2 fully saturated rings. The topological polar surface area (TPSA) is 106 Å². The highest BCUT2D eigenvalue weighted by Crippen LogP contribution is 2.43. The van der Waals surface area contributed by atoms with Gasteiger partial charge >= 0.3 is 18.3 Å². The van der Waals surface area contributed by atoms with Crippen LogP contribution in [0.15, 0.2) is 60.3 Å². The minimum absolute atomic E-state index is 0.0269. The molecule has 3 aromatic rings. The lowest BCUT2D eigenvalue weighted by molar-refractivity contribution is -0.154.